The second-order valence-corrected chi connectivity index (χ2v) is 8.08. The molecule has 0 bridgehead atoms. The summed E-state index contributed by atoms with van der Waals surface area (Å²) in [6, 6.07) is 13.6. The predicted octanol–water partition coefficient (Wildman–Crippen LogP) is 2.86. The molecule has 0 aliphatic rings. The number of rotatable bonds is 5. The van der Waals surface area contributed by atoms with Gasteiger partial charge in [-0.1, -0.05) is 40.2 Å². The Bertz CT molecular complexity index is 835. The summed E-state index contributed by atoms with van der Waals surface area (Å²) in [4.78, 5) is 14.1. The van der Waals surface area contributed by atoms with Gasteiger partial charge in [-0.05, 0) is 42.3 Å². The Morgan fingerprint density at radius 3 is 2.42 bits per heavy atom. The number of amides is 1. The van der Waals surface area contributed by atoms with Crippen LogP contribution in [0.3, 0.4) is 0 Å². The lowest BCUT2D eigenvalue weighted by Crippen LogP contribution is -2.31. The van der Waals surface area contributed by atoms with Crippen molar-refractivity contribution in [2.75, 3.05) is 7.05 Å². The summed E-state index contributed by atoms with van der Waals surface area (Å²) in [5.41, 5.74) is 1.63. The summed E-state index contributed by atoms with van der Waals surface area (Å²) < 4.78 is 23.9. The Kier molecular flexibility index (Phi) is 5.79. The first kappa shape index (κ1) is 18.6. The largest absolute Gasteiger partial charge is 0.339 e. The fraction of sp³-hybridized carbons (Fsp3) is 0.235. The van der Waals surface area contributed by atoms with Crippen LogP contribution < -0.4 is 5.14 Å². The van der Waals surface area contributed by atoms with Gasteiger partial charge in [0.2, 0.25) is 15.9 Å². The summed E-state index contributed by atoms with van der Waals surface area (Å²) in [6.45, 7) is 1.85. The van der Waals surface area contributed by atoms with Crippen LogP contribution in [0.15, 0.2) is 57.9 Å². The number of carbonyl (C=O) groups excluding carboxylic acids is 1. The van der Waals surface area contributed by atoms with Gasteiger partial charge in [-0.3, -0.25) is 4.79 Å². The van der Waals surface area contributed by atoms with E-state index in [-0.39, 0.29) is 23.3 Å². The van der Waals surface area contributed by atoms with E-state index in [0.29, 0.717) is 5.56 Å². The van der Waals surface area contributed by atoms with Crippen LogP contribution in [-0.2, 0) is 21.2 Å². The molecule has 2 N–H and O–H groups in total. The summed E-state index contributed by atoms with van der Waals surface area (Å²) in [5, 5.41) is 5.16. The number of carbonyl (C=O) groups is 1. The normalized spacial score (nSPS) is 12.7. The fourth-order valence-corrected chi connectivity index (χ4v) is 3.13. The van der Waals surface area contributed by atoms with Crippen LogP contribution in [0.4, 0.5) is 0 Å². The maximum atomic E-state index is 12.5. The number of hydrogen-bond acceptors (Lipinski definition) is 3. The molecular formula is C17H19BrN2O3S. The first-order chi connectivity index (χ1) is 11.2. The van der Waals surface area contributed by atoms with E-state index in [0.717, 1.165) is 10.0 Å². The third kappa shape index (κ3) is 4.66. The van der Waals surface area contributed by atoms with Crippen LogP contribution in [0.1, 0.15) is 24.1 Å². The van der Waals surface area contributed by atoms with Gasteiger partial charge in [-0.25, -0.2) is 13.6 Å². The van der Waals surface area contributed by atoms with E-state index in [1.807, 2.05) is 31.2 Å². The van der Waals surface area contributed by atoms with Crippen molar-refractivity contribution < 1.29 is 13.2 Å². The number of sulfonamides is 1. The molecule has 1 amide bonds. The molecule has 24 heavy (non-hydrogen) atoms. The molecule has 0 aliphatic heterocycles. The molecule has 128 valence electrons. The first-order valence-corrected chi connectivity index (χ1v) is 9.65. The lowest BCUT2D eigenvalue weighted by atomic mass is 10.1. The maximum Gasteiger partial charge on any atom is 0.238 e. The molecule has 7 heteroatoms. The van der Waals surface area contributed by atoms with Gasteiger partial charge < -0.3 is 4.90 Å². The number of benzene rings is 2. The monoisotopic (exact) mass is 410 g/mol. The molecule has 0 saturated carbocycles. The third-order valence-corrected chi connectivity index (χ3v) is 5.35. The Hall–Kier alpha value is -1.70. The first-order valence-electron chi connectivity index (χ1n) is 7.31. The molecule has 1 unspecified atom stereocenters. The number of hydrogen-bond donors (Lipinski definition) is 1. The zero-order valence-electron chi connectivity index (χ0n) is 13.4. The minimum Gasteiger partial charge on any atom is -0.339 e. The highest BCUT2D eigenvalue weighted by molar-refractivity contribution is 9.10. The SMILES string of the molecule is CC(c1cccc(S(N)(=O)=O)c1)N(C)C(=O)Cc1ccc(Br)cc1. The average Bonchev–Trinajstić information content (AvgIpc) is 2.55. The Morgan fingerprint density at radius 1 is 1.21 bits per heavy atom. The van der Waals surface area contributed by atoms with E-state index < -0.39 is 10.0 Å². The number of nitrogens with two attached hydrogens (primary N) is 1. The van der Waals surface area contributed by atoms with Gasteiger partial charge >= 0.3 is 0 Å². The quantitative estimate of drug-likeness (QED) is 0.822. The van der Waals surface area contributed by atoms with E-state index >= 15 is 0 Å². The molecule has 2 aromatic rings. The molecule has 0 saturated heterocycles. The number of primary sulfonamides is 1. The highest BCUT2D eigenvalue weighted by Gasteiger charge is 2.19. The zero-order chi connectivity index (χ0) is 17.9. The van der Waals surface area contributed by atoms with Crippen LogP contribution in [0.5, 0.6) is 0 Å². The van der Waals surface area contributed by atoms with Crippen LogP contribution in [0.2, 0.25) is 0 Å². The highest BCUT2D eigenvalue weighted by atomic mass is 79.9. The molecule has 0 aliphatic carbocycles. The molecular weight excluding hydrogens is 392 g/mol. The van der Waals surface area contributed by atoms with Gasteiger partial charge in [0.1, 0.15) is 0 Å². The third-order valence-electron chi connectivity index (χ3n) is 3.91. The van der Waals surface area contributed by atoms with Crippen molar-refractivity contribution in [3.05, 3.63) is 64.1 Å². The van der Waals surface area contributed by atoms with Crippen molar-refractivity contribution in [2.24, 2.45) is 5.14 Å². The zero-order valence-corrected chi connectivity index (χ0v) is 15.8. The Balaban J connectivity index is 2.15. The van der Waals surface area contributed by atoms with Crippen LogP contribution >= 0.6 is 15.9 Å². The number of likely N-dealkylation sites (N-methyl/N-ethyl adjacent to an activating group) is 1. The Morgan fingerprint density at radius 2 is 1.83 bits per heavy atom. The molecule has 1 atom stereocenters. The summed E-state index contributed by atoms with van der Waals surface area (Å²) >= 11 is 3.36. The standard InChI is InChI=1S/C17H19BrN2O3S/c1-12(14-4-3-5-16(11-14)24(19,22)23)20(2)17(21)10-13-6-8-15(18)9-7-13/h3-9,11-12H,10H2,1-2H3,(H2,19,22,23). The lowest BCUT2D eigenvalue weighted by Gasteiger charge is -2.26. The van der Waals surface area contributed by atoms with Gasteiger partial charge in [-0.2, -0.15) is 0 Å². The second kappa shape index (κ2) is 7.46. The smallest absolute Gasteiger partial charge is 0.238 e. The topological polar surface area (TPSA) is 80.5 Å². The van der Waals surface area contributed by atoms with E-state index in [2.05, 4.69) is 15.9 Å². The van der Waals surface area contributed by atoms with E-state index in [1.165, 1.54) is 12.1 Å². The number of halogens is 1. The Labute approximate surface area is 150 Å². The highest BCUT2D eigenvalue weighted by Crippen LogP contribution is 2.22. The van der Waals surface area contributed by atoms with Crippen LogP contribution in [-0.4, -0.2) is 26.3 Å². The molecule has 2 aromatic carbocycles. The van der Waals surface area contributed by atoms with Gasteiger partial charge in [0.05, 0.1) is 17.4 Å². The second-order valence-electron chi connectivity index (χ2n) is 5.60. The number of nitrogens with zero attached hydrogens (tertiary/aromatic N) is 1. The summed E-state index contributed by atoms with van der Waals surface area (Å²) in [5.74, 6) is -0.0502. The van der Waals surface area contributed by atoms with Gasteiger partial charge in [-0.15, -0.1) is 0 Å². The van der Waals surface area contributed by atoms with Gasteiger partial charge in [0.15, 0.2) is 0 Å². The molecule has 2 rings (SSSR count). The molecule has 0 radical (unpaired) electrons. The van der Waals surface area contributed by atoms with Crippen molar-refractivity contribution in [3.8, 4) is 0 Å². The minimum absolute atomic E-state index is 0.0422. The predicted molar refractivity (Wildman–Crippen MR) is 96.8 cm³/mol. The van der Waals surface area contributed by atoms with Crippen LogP contribution in [0, 0.1) is 0 Å². The van der Waals surface area contributed by atoms with E-state index in [9.17, 15) is 13.2 Å². The van der Waals surface area contributed by atoms with Crippen molar-refractivity contribution >= 4 is 31.9 Å². The summed E-state index contributed by atoms with van der Waals surface area (Å²) in [7, 11) is -2.06. The fourth-order valence-electron chi connectivity index (χ4n) is 2.29. The lowest BCUT2D eigenvalue weighted by molar-refractivity contribution is -0.131. The van der Waals surface area contributed by atoms with E-state index in [4.69, 9.17) is 5.14 Å². The minimum atomic E-state index is -3.77. The van der Waals surface area contributed by atoms with E-state index in [1.54, 1.807) is 24.1 Å². The molecule has 0 fully saturated rings. The van der Waals surface area contributed by atoms with Crippen molar-refractivity contribution in [2.45, 2.75) is 24.3 Å². The summed E-state index contributed by atoms with van der Waals surface area (Å²) in [6.07, 6.45) is 0.281. The van der Waals surface area contributed by atoms with Crippen molar-refractivity contribution in [3.63, 3.8) is 0 Å². The van der Waals surface area contributed by atoms with Gasteiger partial charge in [0, 0.05) is 11.5 Å². The van der Waals surface area contributed by atoms with Crippen molar-refractivity contribution in [1.82, 2.24) is 4.90 Å². The molecule has 0 heterocycles. The maximum absolute atomic E-state index is 12.5. The molecule has 0 spiro atoms. The van der Waals surface area contributed by atoms with Crippen molar-refractivity contribution in [1.29, 1.82) is 0 Å². The average molecular weight is 411 g/mol. The molecule has 0 aromatic heterocycles. The van der Waals surface area contributed by atoms with Crippen LogP contribution in [0.25, 0.3) is 0 Å². The molecule has 5 nitrogen and oxygen atoms in total. The van der Waals surface area contributed by atoms with Gasteiger partial charge in [0.25, 0.3) is 0 Å².